The summed E-state index contributed by atoms with van der Waals surface area (Å²) in [5, 5.41) is 33.5. The number of nitrogens with two attached hydrogens (primary N) is 1. The number of rotatable bonds is 7. The molecular weight excluding hydrogens is 560 g/mol. The van der Waals surface area contributed by atoms with Gasteiger partial charge in [-0.15, -0.1) is 10.2 Å². The largest absolute Gasteiger partial charge is 0.506 e. The van der Waals surface area contributed by atoms with Gasteiger partial charge in [0.15, 0.2) is 5.75 Å². The van der Waals surface area contributed by atoms with Crippen LogP contribution in [0.5, 0.6) is 11.5 Å². The summed E-state index contributed by atoms with van der Waals surface area (Å²) in [5.74, 6) is -0.531. The lowest BCUT2D eigenvalue weighted by Crippen LogP contribution is -2.05. The van der Waals surface area contributed by atoms with Gasteiger partial charge in [0.05, 0.1) is 5.69 Å². The first-order chi connectivity index (χ1) is 18.9. The number of nitrogen functional groups attached to an aromatic ring is 1. The van der Waals surface area contributed by atoms with Gasteiger partial charge in [-0.1, -0.05) is 30.3 Å². The molecule has 0 radical (unpaired) electrons. The normalized spacial score (nSPS) is 12.2. The molecule has 6 N–H and O–H groups in total. The average molecular weight is 583 g/mol. The summed E-state index contributed by atoms with van der Waals surface area (Å²) in [6.45, 7) is 3.41. The Kier molecular flexibility index (Phi) is 8.23. The van der Waals surface area contributed by atoms with Gasteiger partial charge in [-0.3, -0.25) is 9.98 Å². The maximum absolute atomic E-state index is 11.7. The molecule has 4 aromatic rings. The number of hydrogen-bond acceptors (Lipinski definition) is 11. The highest BCUT2D eigenvalue weighted by molar-refractivity contribution is 7.86. The maximum Gasteiger partial charge on any atom is 0.298 e. The number of nitrogens with zero attached hydrogens (tertiary/aromatic N) is 6. The third-order valence-corrected chi connectivity index (χ3v) is 6.53. The van der Waals surface area contributed by atoms with E-state index >= 15 is 0 Å². The van der Waals surface area contributed by atoms with Gasteiger partial charge in [-0.2, -0.15) is 23.5 Å². The molecule has 0 bridgehead atoms. The zero-order valence-electron chi connectivity index (χ0n) is 21.1. The van der Waals surface area contributed by atoms with Crippen LogP contribution in [-0.2, 0) is 16.5 Å². The molecule has 3 aromatic carbocycles. The minimum absolute atomic E-state index is 0.0190. The average Bonchev–Trinajstić information content (AvgIpc) is 2.86. The van der Waals surface area contributed by atoms with Crippen molar-refractivity contribution in [3.8, 4) is 11.5 Å². The van der Waals surface area contributed by atoms with Gasteiger partial charge >= 0.3 is 0 Å². The highest BCUT2D eigenvalue weighted by Crippen LogP contribution is 2.33. The van der Waals surface area contributed by atoms with Crippen LogP contribution < -0.4 is 11.2 Å². The van der Waals surface area contributed by atoms with Crippen molar-refractivity contribution in [3.63, 3.8) is 0 Å². The van der Waals surface area contributed by atoms with Crippen LogP contribution in [0.3, 0.4) is 0 Å². The Labute approximate surface area is 233 Å². The third-order valence-electron chi connectivity index (χ3n) is 5.49. The second-order valence-electron chi connectivity index (χ2n) is 8.58. The van der Waals surface area contributed by atoms with Gasteiger partial charge < -0.3 is 15.9 Å². The van der Waals surface area contributed by atoms with Crippen molar-refractivity contribution in [2.75, 3.05) is 11.2 Å². The van der Waals surface area contributed by atoms with E-state index in [4.69, 9.17) is 17.3 Å². The predicted octanol–water partition coefficient (Wildman–Crippen LogP) is 4.53. The number of aromatic nitrogens is 3. The van der Waals surface area contributed by atoms with Crippen molar-refractivity contribution in [2.45, 2.75) is 25.2 Å². The fourth-order valence-electron chi connectivity index (χ4n) is 3.64. The molecule has 40 heavy (non-hydrogen) atoms. The van der Waals surface area contributed by atoms with Crippen LogP contribution in [0.1, 0.15) is 28.1 Å². The summed E-state index contributed by atoms with van der Waals surface area (Å²) >= 11 is 5.83. The number of anilines is 2. The van der Waals surface area contributed by atoms with Crippen LogP contribution in [-0.4, -0.2) is 44.0 Å². The predicted molar refractivity (Wildman–Crippen MR) is 149 cm³/mol. The summed E-state index contributed by atoms with van der Waals surface area (Å²) in [7, 11) is -4.69. The molecule has 0 aliphatic heterocycles. The molecule has 1 heterocycles. The fourth-order valence-corrected chi connectivity index (χ4v) is 4.51. The third kappa shape index (κ3) is 6.85. The molecule has 0 unspecified atom stereocenters. The number of nitrogens with one attached hydrogen (secondary N) is 1. The molecule has 0 aliphatic carbocycles. The Morgan fingerprint density at radius 1 is 1.05 bits per heavy atom. The molecule has 0 fully saturated rings. The summed E-state index contributed by atoms with van der Waals surface area (Å²) in [5.41, 5.74) is 10.7. The van der Waals surface area contributed by atoms with Gasteiger partial charge in [0.2, 0.25) is 17.1 Å². The lowest BCUT2D eigenvalue weighted by atomic mass is 10.1. The Bertz CT molecular complexity index is 1740. The first-order valence-electron chi connectivity index (χ1n) is 11.5. The van der Waals surface area contributed by atoms with Crippen LogP contribution in [0, 0.1) is 13.8 Å². The second-order valence-corrected chi connectivity index (χ2v) is 10.3. The fraction of sp³-hybridized carbons (Fsp3) is 0.120. The molecule has 15 heteroatoms. The molecule has 0 saturated heterocycles. The van der Waals surface area contributed by atoms with Crippen molar-refractivity contribution in [3.05, 3.63) is 88.0 Å². The second kappa shape index (κ2) is 11.6. The van der Waals surface area contributed by atoms with Crippen molar-refractivity contribution in [1.82, 2.24) is 15.0 Å². The molecule has 4 rings (SSSR count). The van der Waals surface area contributed by atoms with E-state index < -0.39 is 20.8 Å². The molecule has 0 amide bonds. The van der Waals surface area contributed by atoms with Crippen molar-refractivity contribution in [1.29, 1.82) is 0 Å². The summed E-state index contributed by atoms with van der Waals surface area (Å²) in [6, 6.07) is 14.4. The summed E-state index contributed by atoms with van der Waals surface area (Å²) in [6.07, 6.45) is 0.225. The van der Waals surface area contributed by atoms with E-state index in [9.17, 15) is 23.2 Å². The van der Waals surface area contributed by atoms with Crippen molar-refractivity contribution >= 4 is 44.9 Å². The zero-order chi connectivity index (χ0) is 29.0. The highest BCUT2D eigenvalue weighted by atomic mass is 35.5. The van der Waals surface area contributed by atoms with Crippen LogP contribution in [0.4, 0.5) is 17.3 Å². The summed E-state index contributed by atoms with van der Waals surface area (Å²) in [4.78, 5) is 11.1. The zero-order valence-corrected chi connectivity index (χ0v) is 22.7. The number of halogens is 1. The number of phenolic OH excluding ortho intramolecular Hbond substituents is 2. The molecule has 0 saturated carbocycles. The quantitative estimate of drug-likeness (QED) is 0.0513. The number of phenols is 2. The topological polar surface area (TPSA) is 209 Å². The maximum atomic E-state index is 11.7. The van der Waals surface area contributed by atoms with Crippen molar-refractivity contribution in [2.24, 2.45) is 15.3 Å². The van der Waals surface area contributed by atoms with Crippen LogP contribution in [0.2, 0.25) is 5.28 Å². The van der Waals surface area contributed by atoms with Gasteiger partial charge in [0.1, 0.15) is 22.2 Å². The van der Waals surface area contributed by atoms with E-state index in [2.05, 4.69) is 35.7 Å². The van der Waals surface area contributed by atoms with Gasteiger partial charge in [0, 0.05) is 12.0 Å². The van der Waals surface area contributed by atoms with Gasteiger partial charge in [-0.25, -0.2) is 4.98 Å². The number of aromatic hydroxyl groups is 2. The Morgan fingerprint density at radius 3 is 2.48 bits per heavy atom. The molecule has 1 aromatic heterocycles. The van der Waals surface area contributed by atoms with E-state index in [-0.39, 0.29) is 40.6 Å². The molecule has 13 nitrogen and oxygen atoms in total. The molecule has 0 atom stereocenters. The van der Waals surface area contributed by atoms with Gasteiger partial charge in [-0.05, 0) is 66.4 Å². The van der Waals surface area contributed by atoms with Gasteiger partial charge in [0.25, 0.3) is 10.1 Å². The lowest BCUT2D eigenvalue weighted by molar-refractivity contribution is 0.444. The van der Waals surface area contributed by atoms with Crippen LogP contribution in [0.25, 0.3) is 0 Å². The lowest BCUT2D eigenvalue weighted by Gasteiger charge is -2.10. The standard InChI is InChI=1S/C25H23ClN8O5S/c1-13-9-18(22(36)20(10-13)40(37,38)39)32-34-23(16-6-4-3-5-14(16)2)33-31-17-8-7-15(11-19(17)35)12-21-28-24(26)30-25(27)29-21/h3-11,32,35-36H,12H2,1-2H3,(H,37,38,39)(H2,27,28,29,30). The Morgan fingerprint density at radius 2 is 1.80 bits per heavy atom. The number of aryl methyl sites for hydroxylation is 2. The smallest absolute Gasteiger partial charge is 0.298 e. The van der Waals surface area contributed by atoms with E-state index in [1.165, 1.54) is 18.2 Å². The Balaban J connectivity index is 1.66. The van der Waals surface area contributed by atoms with Crippen LogP contribution >= 0.6 is 11.6 Å². The molecule has 0 spiro atoms. The highest BCUT2D eigenvalue weighted by Gasteiger charge is 2.19. The number of amidine groups is 1. The summed E-state index contributed by atoms with van der Waals surface area (Å²) < 4.78 is 32.8. The number of azo groups is 1. The van der Waals surface area contributed by atoms with Crippen LogP contribution in [0.15, 0.2) is 74.8 Å². The SMILES string of the molecule is Cc1cc(NN=C(N=Nc2ccc(Cc3nc(N)nc(Cl)n3)cc2O)c2ccccc2C)c(O)c(S(=O)(=O)O)c1. The van der Waals surface area contributed by atoms with E-state index in [0.717, 1.165) is 11.6 Å². The number of hydrogen-bond donors (Lipinski definition) is 5. The Hall–Kier alpha value is -4.66. The minimum atomic E-state index is -4.69. The molecule has 206 valence electrons. The first kappa shape index (κ1) is 28.4. The monoisotopic (exact) mass is 582 g/mol. The molecular formula is C25H23ClN8O5S. The first-order valence-corrected chi connectivity index (χ1v) is 13.3. The van der Waals surface area contributed by atoms with E-state index in [1.54, 1.807) is 25.1 Å². The molecule has 0 aliphatic rings. The number of hydrazone groups is 1. The van der Waals surface area contributed by atoms with Crippen molar-refractivity contribution < 1.29 is 23.2 Å². The number of benzene rings is 3. The minimum Gasteiger partial charge on any atom is -0.506 e. The van der Waals surface area contributed by atoms with E-state index in [0.29, 0.717) is 22.5 Å². The van der Waals surface area contributed by atoms with E-state index in [1.807, 2.05) is 19.1 Å².